The average Bonchev–Trinajstić information content (AvgIpc) is 2.84. The summed E-state index contributed by atoms with van der Waals surface area (Å²) < 4.78 is 0. The third-order valence-corrected chi connectivity index (χ3v) is 4.28. The maximum Gasteiger partial charge on any atom is 0.334 e. The molecular formula is C19H23N3O5. The maximum atomic E-state index is 12.3. The number of Topliss-reactive ketones (excluding diaryl/α,β-unsaturated/α-hetero) is 1. The summed E-state index contributed by atoms with van der Waals surface area (Å²) in [5.41, 5.74) is 0.868. The number of imide groups is 2. The number of amides is 5. The Labute approximate surface area is 157 Å². The number of hydrogen-bond donors (Lipinski definition) is 1. The van der Waals surface area contributed by atoms with Crippen LogP contribution in [0.4, 0.5) is 4.79 Å². The van der Waals surface area contributed by atoms with E-state index >= 15 is 0 Å². The SMILES string of the molecule is CCCCN1C(=O)C(=O)N(CC(=O)NC(Cc2ccccc2)C(C)=O)C1=O. The predicted molar refractivity (Wildman–Crippen MR) is 96.5 cm³/mol. The van der Waals surface area contributed by atoms with Crippen molar-refractivity contribution >= 4 is 29.5 Å². The molecule has 27 heavy (non-hydrogen) atoms. The van der Waals surface area contributed by atoms with Crippen LogP contribution in [0.3, 0.4) is 0 Å². The van der Waals surface area contributed by atoms with E-state index in [1.807, 2.05) is 37.3 Å². The number of ketones is 1. The van der Waals surface area contributed by atoms with Crippen molar-refractivity contribution in [1.82, 2.24) is 15.1 Å². The van der Waals surface area contributed by atoms with Crippen LogP contribution >= 0.6 is 0 Å². The highest BCUT2D eigenvalue weighted by atomic mass is 16.2. The number of urea groups is 1. The molecule has 1 saturated heterocycles. The first-order valence-electron chi connectivity index (χ1n) is 8.86. The second kappa shape index (κ2) is 9.07. The lowest BCUT2D eigenvalue weighted by molar-refractivity contribution is -0.144. The number of carbonyl (C=O) groups is 5. The summed E-state index contributed by atoms with van der Waals surface area (Å²) in [6, 6.07) is 7.59. The van der Waals surface area contributed by atoms with Crippen molar-refractivity contribution in [3.63, 3.8) is 0 Å². The fourth-order valence-corrected chi connectivity index (χ4v) is 2.73. The van der Waals surface area contributed by atoms with Crippen LogP contribution in [0.1, 0.15) is 32.3 Å². The van der Waals surface area contributed by atoms with Crippen LogP contribution in [0.2, 0.25) is 0 Å². The van der Waals surface area contributed by atoms with Crippen molar-refractivity contribution in [3.05, 3.63) is 35.9 Å². The standard InChI is InChI=1S/C19H23N3O5/c1-3-4-10-21-17(25)18(26)22(19(21)27)12-16(24)20-15(13(2)23)11-14-8-6-5-7-9-14/h5-9,15H,3-4,10-12H2,1-2H3,(H,20,24). The lowest BCUT2D eigenvalue weighted by Gasteiger charge is -2.19. The van der Waals surface area contributed by atoms with Gasteiger partial charge in [0.25, 0.3) is 0 Å². The van der Waals surface area contributed by atoms with Gasteiger partial charge in [0.05, 0.1) is 6.04 Å². The number of nitrogens with zero attached hydrogens (tertiary/aromatic N) is 2. The molecule has 8 heteroatoms. The molecule has 1 unspecified atom stereocenters. The first kappa shape index (κ1) is 20.3. The van der Waals surface area contributed by atoms with Gasteiger partial charge >= 0.3 is 17.8 Å². The molecule has 0 saturated carbocycles. The molecule has 1 N–H and O–H groups in total. The van der Waals surface area contributed by atoms with Gasteiger partial charge in [0.15, 0.2) is 5.78 Å². The zero-order valence-corrected chi connectivity index (χ0v) is 15.4. The highest BCUT2D eigenvalue weighted by Crippen LogP contribution is 2.13. The molecule has 1 atom stereocenters. The van der Waals surface area contributed by atoms with Crippen molar-refractivity contribution in [2.24, 2.45) is 0 Å². The van der Waals surface area contributed by atoms with Gasteiger partial charge in [0.1, 0.15) is 6.54 Å². The Morgan fingerprint density at radius 1 is 1.04 bits per heavy atom. The fourth-order valence-electron chi connectivity index (χ4n) is 2.73. The van der Waals surface area contributed by atoms with Crippen molar-refractivity contribution in [2.45, 2.75) is 39.2 Å². The van der Waals surface area contributed by atoms with Crippen LogP contribution in [0, 0.1) is 0 Å². The molecule has 1 aromatic carbocycles. The molecule has 1 aliphatic rings. The smallest absolute Gasteiger partial charge is 0.334 e. The van der Waals surface area contributed by atoms with Gasteiger partial charge in [0.2, 0.25) is 5.91 Å². The van der Waals surface area contributed by atoms with Gasteiger partial charge < -0.3 is 5.32 Å². The number of hydrogen-bond acceptors (Lipinski definition) is 5. The Kier molecular flexibility index (Phi) is 6.81. The van der Waals surface area contributed by atoms with E-state index in [9.17, 15) is 24.0 Å². The van der Waals surface area contributed by atoms with E-state index in [4.69, 9.17) is 0 Å². The molecule has 0 radical (unpaired) electrons. The minimum absolute atomic E-state index is 0.141. The zero-order valence-electron chi connectivity index (χ0n) is 15.4. The second-order valence-electron chi connectivity index (χ2n) is 6.40. The minimum Gasteiger partial charge on any atom is -0.344 e. The van der Waals surface area contributed by atoms with Crippen LogP contribution in [0.15, 0.2) is 30.3 Å². The summed E-state index contributed by atoms with van der Waals surface area (Å²) >= 11 is 0. The minimum atomic E-state index is -1.02. The fraction of sp³-hybridized carbons (Fsp3) is 0.421. The number of rotatable bonds is 9. The first-order chi connectivity index (χ1) is 12.8. The molecular weight excluding hydrogens is 350 g/mol. The van der Waals surface area contributed by atoms with Gasteiger partial charge in [-0.25, -0.2) is 9.69 Å². The predicted octanol–water partition coefficient (Wildman–Crippen LogP) is 0.894. The van der Waals surface area contributed by atoms with Gasteiger partial charge in [0, 0.05) is 6.54 Å². The molecule has 0 aliphatic carbocycles. The molecule has 1 heterocycles. The maximum absolute atomic E-state index is 12.3. The molecule has 1 fully saturated rings. The molecule has 0 bridgehead atoms. The van der Waals surface area contributed by atoms with Crippen molar-refractivity contribution in [3.8, 4) is 0 Å². The quantitative estimate of drug-likeness (QED) is 0.511. The number of benzene rings is 1. The summed E-state index contributed by atoms with van der Waals surface area (Å²) in [6.07, 6.45) is 1.63. The second-order valence-corrected chi connectivity index (χ2v) is 6.40. The number of nitrogens with one attached hydrogen (secondary N) is 1. The van der Waals surface area contributed by atoms with Crippen LogP contribution in [0.5, 0.6) is 0 Å². The van der Waals surface area contributed by atoms with E-state index in [1.54, 1.807) is 0 Å². The summed E-state index contributed by atoms with van der Waals surface area (Å²) in [7, 11) is 0. The Morgan fingerprint density at radius 2 is 1.67 bits per heavy atom. The van der Waals surface area contributed by atoms with Crippen LogP contribution in [0.25, 0.3) is 0 Å². The average molecular weight is 373 g/mol. The molecule has 144 valence electrons. The van der Waals surface area contributed by atoms with Crippen LogP contribution < -0.4 is 5.32 Å². The van der Waals surface area contributed by atoms with Gasteiger partial charge in [-0.05, 0) is 25.3 Å². The van der Waals surface area contributed by atoms with Gasteiger partial charge in [-0.15, -0.1) is 0 Å². The third kappa shape index (κ3) is 4.99. The third-order valence-electron chi connectivity index (χ3n) is 4.28. The molecule has 1 aromatic rings. The number of unbranched alkanes of at least 4 members (excludes halogenated alkanes) is 1. The Morgan fingerprint density at radius 3 is 2.26 bits per heavy atom. The van der Waals surface area contributed by atoms with Crippen molar-refractivity contribution in [2.75, 3.05) is 13.1 Å². The lowest BCUT2D eigenvalue weighted by Crippen LogP contribution is -2.47. The topological polar surface area (TPSA) is 104 Å². The lowest BCUT2D eigenvalue weighted by atomic mass is 10.0. The normalized spacial score (nSPS) is 15.3. The van der Waals surface area contributed by atoms with Crippen LogP contribution in [-0.4, -0.2) is 58.5 Å². The summed E-state index contributed by atoms with van der Waals surface area (Å²) in [5.74, 6) is -2.85. The zero-order chi connectivity index (χ0) is 20.0. The van der Waals surface area contributed by atoms with Gasteiger partial charge in [-0.3, -0.25) is 24.1 Å². The van der Waals surface area contributed by atoms with Crippen LogP contribution in [-0.2, 0) is 25.6 Å². The highest BCUT2D eigenvalue weighted by molar-refractivity contribution is 6.45. The van der Waals surface area contributed by atoms with E-state index in [0.717, 1.165) is 16.9 Å². The van der Waals surface area contributed by atoms with E-state index in [1.165, 1.54) is 6.92 Å². The molecule has 2 rings (SSSR count). The summed E-state index contributed by atoms with van der Waals surface area (Å²) in [5, 5.41) is 2.54. The molecule has 8 nitrogen and oxygen atoms in total. The van der Waals surface area contributed by atoms with E-state index < -0.39 is 36.3 Å². The van der Waals surface area contributed by atoms with Gasteiger partial charge in [-0.1, -0.05) is 43.7 Å². The monoisotopic (exact) mass is 373 g/mol. The van der Waals surface area contributed by atoms with Crippen molar-refractivity contribution < 1.29 is 24.0 Å². The Balaban J connectivity index is 2.00. The van der Waals surface area contributed by atoms with Gasteiger partial charge in [-0.2, -0.15) is 0 Å². The highest BCUT2D eigenvalue weighted by Gasteiger charge is 2.44. The largest absolute Gasteiger partial charge is 0.344 e. The number of carbonyl (C=O) groups excluding carboxylic acids is 5. The van der Waals surface area contributed by atoms with E-state index in [0.29, 0.717) is 17.7 Å². The van der Waals surface area contributed by atoms with E-state index in [-0.39, 0.29) is 12.3 Å². The van der Waals surface area contributed by atoms with E-state index in [2.05, 4.69) is 5.32 Å². The molecule has 0 aromatic heterocycles. The summed E-state index contributed by atoms with van der Waals surface area (Å²) in [6.45, 7) is 2.80. The van der Waals surface area contributed by atoms with Crippen molar-refractivity contribution in [1.29, 1.82) is 0 Å². The summed E-state index contributed by atoms with van der Waals surface area (Å²) in [4.78, 5) is 61.8. The Hall–Kier alpha value is -3.03. The Bertz CT molecular complexity index is 747. The molecule has 5 amide bonds. The molecule has 1 aliphatic heterocycles. The molecule has 0 spiro atoms. The first-order valence-corrected chi connectivity index (χ1v) is 8.86.